The lowest BCUT2D eigenvalue weighted by Crippen LogP contribution is -2.44. The zero-order valence-corrected chi connectivity index (χ0v) is 17.7. The first kappa shape index (κ1) is 19.5. The van der Waals surface area contributed by atoms with Crippen LogP contribution < -0.4 is 10.6 Å². The van der Waals surface area contributed by atoms with Crippen molar-refractivity contribution in [1.82, 2.24) is 9.97 Å². The highest BCUT2D eigenvalue weighted by Crippen LogP contribution is 2.38. The Kier molecular flexibility index (Phi) is 5.34. The summed E-state index contributed by atoms with van der Waals surface area (Å²) in [6, 6.07) is 6.65. The van der Waals surface area contributed by atoms with Crippen LogP contribution in [0.2, 0.25) is 0 Å². The number of nitrogens with two attached hydrogens (primary N) is 1. The topological polar surface area (TPSA) is 88.1 Å². The van der Waals surface area contributed by atoms with E-state index in [4.69, 9.17) is 20.9 Å². The molecule has 1 aliphatic rings. The lowest BCUT2D eigenvalue weighted by atomic mass is 10.00. The number of aromatic nitrogens is 2. The lowest BCUT2D eigenvalue weighted by Gasteiger charge is -2.34. The Morgan fingerprint density at radius 1 is 1.34 bits per heavy atom. The van der Waals surface area contributed by atoms with Gasteiger partial charge in [-0.2, -0.15) is 0 Å². The summed E-state index contributed by atoms with van der Waals surface area (Å²) in [7, 11) is 0. The number of pyridine rings is 2. The number of ether oxygens (including phenoxy) is 1. The van der Waals surface area contributed by atoms with Gasteiger partial charge in [0, 0.05) is 34.1 Å². The number of allylic oxidation sites excluding steroid dienone is 1. The summed E-state index contributed by atoms with van der Waals surface area (Å²) in [4.78, 5) is 14.3. The molecule has 7 heteroatoms. The molecule has 0 aliphatic carbocycles. The second-order valence-electron chi connectivity index (χ2n) is 7.32. The van der Waals surface area contributed by atoms with Crippen LogP contribution in [0.3, 0.4) is 0 Å². The second kappa shape index (κ2) is 7.93. The van der Waals surface area contributed by atoms with E-state index >= 15 is 0 Å². The van der Waals surface area contributed by atoms with Crippen LogP contribution in [0.15, 0.2) is 30.5 Å². The Bertz CT molecular complexity index is 1100. The number of nitrogens with one attached hydrogen (secondary N) is 1. The van der Waals surface area contributed by atoms with Crippen molar-refractivity contribution >= 4 is 40.0 Å². The van der Waals surface area contributed by atoms with E-state index in [0.29, 0.717) is 24.6 Å². The summed E-state index contributed by atoms with van der Waals surface area (Å²) >= 11 is 1.80. The molecule has 0 bridgehead atoms. The highest BCUT2D eigenvalue weighted by Gasteiger charge is 2.23. The molecule has 3 aromatic heterocycles. The number of hydrogen-bond acceptors (Lipinski definition) is 7. The van der Waals surface area contributed by atoms with Crippen LogP contribution in [0.1, 0.15) is 22.4 Å². The number of rotatable bonds is 4. The third kappa shape index (κ3) is 3.63. The van der Waals surface area contributed by atoms with E-state index in [-0.39, 0.29) is 6.04 Å². The molecule has 0 radical (unpaired) electrons. The van der Waals surface area contributed by atoms with Gasteiger partial charge in [-0.1, -0.05) is 0 Å². The minimum atomic E-state index is 0.237. The first-order valence-electron chi connectivity index (χ1n) is 9.67. The van der Waals surface area contributed by atoms with Gasteiger partial charge in [0.05, 0.1) is 25.0 Å². The Morgan fingerprint density at radius 3 is 2.86 bits per heavy atom. The van der Waals surface area contributed by atoms with Crippen molar-refractivity contribution in [3.05, 3.63) is 45.9 Å². The number of thiophene rings is 1. The van der Waals surface area contributed by atoms with Gasteiger partial charge >= 0.3 is 0 Å². The molecule has 0 saturated carbocycles. The number of aryl methyl sites for hydroxylation is 2. The van der Waals surface area contributed by atoms with E-state index in [0.717, 1.165) is 28.8 Å². The number of morpholine rings is 1. The maximum absolute atomic E-state index is 7.38. The van der Waals surface area contributed by atoms with Crippen molar-refractivity contribution in [2.45, 2.75) is 26.8 Å². The average Bonchev–Trinajstić information content (AvgIpc) is 3.05. The molecule has 1 unspecified atom stereocenters. The Labute approximate surface area is 174 Å². The average molecular weight is 408 g/mol. The summed E-state index contributed by atoms with van der Waals surface area (Å²) < 4.78 is 5.62. The Balaban J connectivity index is 2.02. The van der Waals surface area contributed by atoms with E-state index in [1.807, 2.05) is 6.07 Å². The molecule has 0 amide bonds. The van der Waals surface area contributed by atoms with Crippen molar-refractivity contribution in [1.29, 1.82) is 5.41 Å². The second-order valence-corrected chi connectivity index (χ2v) is 8.78. The van der Waals surface area contributed by atoms with Crippen LogP contribution in [-0.2, 0) is 4.74 Å². The highest BCUT2D eigenvalue weighted by molar-refractivity contribution is 7.12. The van der Waals surface area contributed by atoms with Gasteiger partial charge in [0.1, 0.15) is 17.0 Å². The normalized spacial score (nSPS) is 17.7. The van der Waals surface area contributed by atoms with Gasteiger partial charge in [0.2, 0.25) is 0 Å². The monoisotopic (exact) mass is 407 g/mol. The molecule has 1 fully saturated rings. The molecule has 0 aromatic carbocycles. The molecule has 29 heavy (non-hydrogen) atoms. The van der Waals surface area contributed by atoms with E-state index in [1.165, 1.54) is 21.5 Å². The van der Waals surface area contributed by atoms with E-state index in [1.54, 1.807) is 23.6 Å². The molecule has 0 spiro atoms. The summed E-state index contributed by atoms with van der Waals surface area (Å²) in [6.45, 7) is 8.60. The number of hydrogen-bond donors (Lipinski definition) is 2. The zero-order chi connectivity index (χ0) is 20.5. The van der Waals surface area contributed by atoms with Crippen molar-refractivity contribution in [3.8, 4) is 11.1 Å². The van der Waals surface area contributed by atoms with Gasteiger partial charge in [-0.25, -0.2) is 4.98 Å². The number of anilines is 1. The summed E-state index contributed by atoms with van der Waals surface area (Å²) in [5.41, 5.74) is 10.4. The lowest BCUT2D eigenvalue weighted by molar-refractivity contribution is 0.0986. The van der Waals surface area contributed by atoms with E-state index in [9.17, 15) is 0 Å². The Morgan fingerprint density at radius 2 is 2.17 bits per heavy atom. The predicted octanol–water partition coefficient (Wildman–Crippen LogP) is 4.15. The summed E-state index contributed by atoms with van der Waals surface area (Å²) in [5.74, 6) is 0.906. The molecule has 3 aromatic rings. The molecular formula is C22H25N5OS. The van der Waals surface area contributed by atoms with Crippen molar-refractivity contribution < 1.29 is 4.74 Å². The van der Waals surface area contributed by atoms with Gasteiger partial charge in [0.25, 0.3) is 0 Å². The van der Waals surface area contributed by atoms with Crippen LogP contribution in [0.5, 0.6) is 0 Å². The summed E-state index contributed by atoms with van der Waals surface area (Å²) in [6.07, 6.45) is 4.49. The largest absolute Gasteiger partial charge is 0.397 e. The molecule has 1 atom stereocenters. The molecule has 4 heterocycles. The minimum Gasteiger partial charge on any atom is -0.397 e. The molecular weight excluding hydrogens is 382 g/mol. The fourth-order valence-corrected chi connectivity index (χ4v) is 4.79. The SMILES string of the molecule is Cc1cc(-c2cc(N3CCOCC3C)nc3c(/C(N)=C/C=N)nccc23)c(C)s1. The third-order valence-electron chi connectivity index (χ3n) is 5.24. The fraction of sp³-hybridized carbons (Fsp3) is 0.318. The van der Waals surface area contributed by atoms with Crippen LogP contribution >= 0.6 is 11.3 Å². The standard InChI is InChI=1S/C22H25N5OS/c1-13-12-28-9-8-27(13)20-11-18(17-10-14(2)29-15(17)3)16-5-7-25-22(21(16)26-20)19(24)4-6-23/h4-7,10-11,13,23H,8-9,12,24H2,1-3H3/b19-4-,23-6?. The first-order chi connectivity index (χ1) is 14.0. The van der Waals surface area contributed by atoms with Crippen LogP contribution in [-0.4, -0.2) is 42.0 Å². The van der Waals surface area contributed by atoms with Gasteiger partial charge in [-0.05, 0) is 56.2 Å². The zero-order valence-electron chi connectivity index (χ0n) is 16.9. The van der Waals surface area contributed by atoms with Crippen LogP contribution in [0.25, 0.3) is 27.7 Å². The van der Waals surface area contributed by atoms with Crippen molar-refractivity contribution in [2.24, 2.45) is 5.73 Å². The van der Waals surface area contributed by atoms with Crippen molar-refractivity contribution in [2.75, 3.05) is 24.7 Å². The minimum absolute atomic E-state index is 0.237. The molecule has 6 nitrogen and oxygen atoms in total. The smallest absolute Gasteiger partial charge is 0.130 e. The Hall–Kier alpha value is -2.77. The van der Waals surface area contributed by atoms with Gasteiger partial charge < -0.3 is 20.8 Å². The van der Waals surface area contributed by atoms with Gasteiger partial charge in [-0.3, -0.25) is 4.98 Å². The molecule has 3 N–H and O–H groups in total. The fourth-order valence-electron chi connectivity index (χ4n) is 3.85. The predicted molar refractivity (Wildman–Crippen MR) is 121 cm³/mol. The molecule has 1 saturated heterocycles. The molecule has 4 rings (SSSR count). The maximum atomic E-state index is 7.38. The third-order valence-corrected chi connectivity index (χ3v) is 6.21. The van der Waals surface area contributed by atoms with Crippen LogP contribution in [0.4, 0.5) is 5.82 Å². The summed E-state index contributed by atoms with van der Waals surface area (Å²) in [5, 5.41) is 8.39. The van der Waals surface area contributed by atoms with Crippen molar-refractivity contribution in [3.63, 3.8) is 0 Å². The first-order valence-corrected chi connectivity index (χ1v) is 10.5. The molecule has 1 aliphatic heterocycles. The quantitative estimate of drug-likeness (QED) is 0.634. The number of fused-ring (bicyclic) bond motifs is 1. The van der Waals surface area contributed by atoms with Gasteiger partial charge in [-0.15, -0.1) is 11.3 Å². The highest BCUT2D eigenvalue weighted by atomic mass is 32.1. The molecule has 150 valence electrons. The van der Waals surface area contributed by atoms with Gasteiger partial charge in [0.15, 0.2) is 0 Å². The maximum Gasteiger partial charge on any atom is 0.130 e. The van der Waals surface area contributed by atoms with Crippen LogP contribution in [0, 0.1) is 19.3 Å². The van der Waals surface area contributed by atoms with E-state index in [2.05, 4.69) is 42.8 Å². The van der Waals surface area contributed by atoms with E-state index < -0.39 is 0 Å². The number of nitrogens with zero attached hydrogens (tertiary/aromatic N) is 3.